The largest absolute Gasteiger partial charge is 0.489 e. The second-order valence-electron chi connectivity index (χ2n) is 4.76. The Labute approximate surface area is 140 Å². The van der Waals surface area contributed by atoms with E-state index < -0.39 is 0 Å². The van der Waals surface area contributed by atoms with Crippen LogP contribution in [0.5, 0.6) is 5.75 Å². The number of ether oxygens (including phenoxy) is 1. The SMILES string of the molecule is CCNC(=S)N[NH+]=Cc1ccc(OCc2ccc(F)cc2)cc1. The summed E-state index contributed by atoms with van der Waals surface area (Å²) >= 11 is 5.03. The molecule has 0 aromatic heterocycles. The molecule has 2 aromatic rings. The van der Waals surface area contributed by atoms with Crippen molar-refractivity contribution in [3.63, 3.8) is 0 Å². The number of benzene rings is 2. The quantitative estimate of drug-likeness (QED) is 0.424. The van der Waals surface area contributed by atoms with Gasteiger partial charge in [-0.2, -0.15) is 0 Å². The molecular formula is C17H19FN3OS+. The third-order valence-corrected chi connectivity index (χ3v) is 3.21. The smallest absolute Gasteiger partial charge is 0.223 e. The van der Waals surface area contributed by atoms with Crippen LogP contribution in [0.25, 0.3) is 0 Å². The van der Waals surface area contributed by atoms with Gasteiger partial charge in [-0.1, -0.05) is 12.1 Å². The zero-order chi connectivity index (χ0) is 16.5. The van der Waals surface area contributed by atoms with Crippen molar-refractivity contribution >= 4 is 23.5 Å². The molecule has 120 valence electrons. The van der Waals surface area contributed by atoms with Gasteiger partial charge in [0.2, 0.25) is 5.11 Å². The highest BCUT2D eigenvalue weighted by Gasteiger charge is 1.99. The van der Waals surface area contributed by atoms with Gasteiger partial charge < -0.3 is 10.1 Å². The molecule has 0 radical (unpaired) electrons. The van der Waals surface area contributed by atoms with Gasteiger partial charge >= 0.3 is 0 Å². The lowest BCUT2D eigenvalue weighted by Crippen LogP contribution is -2.82. The molecule has 0 amide bonds. The van der Waals surface area contributed by atoms with Crippen LogP contribution in [0, 0.1) is 5.82 Å². The van der Waals surface area contributed by atoms with Gasteiger partial charge in [-0.3, -0.25) is 0 Å². The normalized spacial score (nSPS) is 10.5. The van der Waals surface area contributed by atoms with E-state index >= 15 is 0 Å². The Bertz CT molecular complexity index is 657. The minimum absolute atomic E-state index is 0.247. The van der Waals surface area contributed by atoms with Crippen molar-refractivity contribution in [2.24, 2.45) is 0 Å². The Balaban J connectivity index is 1.83. The van der Waals surface area contributed by atoms with Crippen LogP contribution in [0.1, 0.15) is 18.1 Å². The minimum Gasteiger partial charge on any atom is -0.489 e. The molecule has 0 atom stereocenters. The number of halogens is 1. The van der Waals surface area contributed by atoms with Crippen molar-refractivity contribution < 1.29 is 14.2 Å². The molecule has 0 aliphatic heterocycles. The van der Waals surface area contributed by atoms with E-state index in [1.54, 1.807) is 18.3 Å². The van der Waals surface area contributed by atoms with E-state index in [1.165, 1.54) is 12.1 Å². The van der Waals surface area contributed by atoms with E-state index in [9.17, 15) is 4.39 Å². The van der Waals surface area contributed by atoms with Gasteiger partial charge in [-0.05, 0) is 61.1 Å². The second-order valence-corrected chi connectivity index (χ2v) is 5.17. The Hall–Kier alpha value is -2.47. The van der Waals surface area contributed by atoms with E-state index in [1.807, 2.05) is 31.2 Å². The third kappa shape index (κ3) is 6.04. The number of thiocarbonyl (C=S) groups is 1. The molecule has 6 heteroatoms. The molecular weight excluding hydrogens is 313 g/mol. The fourth-order valence-electron chi connectivity index (χ4n) is 1.80. The standard InChI is InChI=1S/C17H18FN3OS/c1-2-19-17(23)21-20-11-13-5-9-16(10-6-13)22-12-14-3-7-15(18)8-4-14/h3-11H,2,12H2,1H3,(H2,19,21,23)/p+1. The first-order valence-electron chi connectivity index (χ1n) is 7.27. The Kier molecular flexibility index (Phi) is 6.50. The number of hydrogen-bond acceptors (Lipinski definition) is 2. The Morgan fingerprint density at radius 3 is 2.52 bits per heavy atom. The lowest BCUT2D eigenvalue weighted by molar-refractivity contribution is -0.500. The number of hydrazine groups is 1. The minimum atomic E-state index is -0.247. The first-order chi connectivity index (χ1) is 11.2. The monoisotopic (exact) mass is 332 g/mol. The zero-order valence-electron chi connectivity index (χ0n) is 12.8. The number of hydrogen-bond donors (Lipinski definition) is 3. The molecule has 0 heterocycles. The van der Waals surface area contributed by atoms with Gasteiger partial charge in [0.25, 0.3) is 0 Å². The van der Waals surface area contributed by atoms with Gasteiger partial charge in [0.1, 0.15) is 18.2 Å². The lowest BCUT2D eigenvalue weighted by Gasteiger charge is -2.06. The molecule has 0 saturated heterocycles. The van der Waals surface area contributed by atoms with Crippen LogP contribution in [-0.4, -0.2) is 17.9 Å². The molecule has 0 spiro atoms. The molecule has 0 unspecified atom stereocenters. The van der Waals surface area contributed by atoms with E-state index in [2.05, 4.69) is 15.8 Å². The maximum atomic E-state index is 12.8. The molecule has 0 bridgehead atoms. The van der Waals surface area contributed by atoms with Crippen LogP contribution in [0.3, 0.4) is 0 Å². The van der Waals surface area contributed by atoms with Gasteiger partial charge in [-0.15, -0.1) is 10.5 Å². The predicted octanol–water partition coefficient (Wildman–Crippen LogP) is 1.30. The second kappa shape index (κ2) is 8.85. The number of hydrazone groups is 1. The molecule has 0 saturated carbocycles. The first kappa shape index (κ1) is 16.9. The highest BCUT2D eigenvalue weighted by Crippen LogP contribution is 2.13. The van der Waals surface area contributed by atoms with Gasteiger partial charge in [0, 0.05) is 12.1 Å². The molecule has 4 nitrogen and oxygen atoms in total. The average molecular weight is 332 g/mol. The van der Waals surface area contributed by atoms with Crippen molar-refractivity contribution in [1.82, 2.24) is 10.7 Å². The molecule has 3 N–H and O–H groups in total. The van der Waals surface area contributed by atoms with Crippen molar-refractivity contribution in [1.29, 1.82) is 0 Å². The molecule has 2 aromatic carbocycles. The fourth-order valence-corrected chi connectivity index (χ4v) is 2.00. The maximum absolute atomic E-state index is 12.8. The van der Waals surface area contributed by atoms with Crippen molar-refractivity contribution in [2.75, 3.05) is 6.54 Å². The Morgan fingerprint density at radius 1 is 1.17 bits per heavy atom. The Morgan fingerprint density at radius 2 is 1.87 bits per heavy atom. The highest BCUT2D eigenvalue weighted by molar-refractivity contribution is 7.80. The van der Waals surface area contributed by atoms with Gasteiger partial charge in [0.15, 0.2) is 6.21 Å². The van der Waals surface area contributed by atoms with Gasteiger partial charge in [-0.25, -0.2) is 4.39 Å². The van der Waals surface area contributed by atoms with Crippen molar-refractivity contribution in [2.45, 2.75) is 13.5 Å². The van der Waals surface area contributed by atoms with Crippen molar-refractivity contribution in [3.05, 3.63) is 65.5 Å². The average Bonchev–Trinajstić information content (AvgIpc) is 2.56. The summed E-state index contributed by atoms with van der Waals surface area (Å²) < 4.78 is 18.5. The third-order valence-electron chi connectivity index (χ3n) is 2.96. The predicted molar refractivity (Wildman–Crippen MR) is 92.7 cm³/mol. The van der Waals surface area contributed by atoms with Crippen LogP contribution >= 0.6 is 12.2 Å². The molecule has 0 aliphatic carbocycles. The molecule has 23 heavy (non-hydrogen) atoms. The summed E-state index contributed by atoms with van der Waals surface area (Å²) in [5, 5.41) is 6.43. The van der Waals surface area contributed by atoms with Gasteiger partial charge in [0.05, 0.1) is 0 Å². The lowest BCUT2D eigenvalue weighted by atomic mass is 10.2. The molecule has 2 rings (SSSR count). The number of nitrogens with one attached hydrogen (secondary N) is 3. The summed E-state index contributed by atoms with van der Waals surface area (Å²) in [6, 6.07) is 13.9. The topological polar surface area (TPSA) is 47.3 Å². The van der Waals surface area contributed by atoms with Crippen LogP contribution in [0.15, 0.2) is 48.5 Å². The highest BCUT2D eigenvalue weighted by atomic mass is 32.1. The summed E-state index contributed by atoms with van der Waals surface area (Å²) in [4.78, 5) is 0. The maximum Gasteiger partial charge on any atom is 0.223 e. The summed E-state index contributed by atoms with van der Waals surface area (Å²) in [7, 11) is 0. The first-order valence-corrected chi connectivity index (χ1v) is 7.68. The van der Waals surface area contributed by atoms with E-state index in [0.717, 1.165) is 23.4 Å². The molecule has 0 aliphatic rings. The van der Waals surface area contributed by atoms with E-state index in [4.69, 9.17) is 17.0 Å². The summed E-state index contributed by atoms with van der Waals surface area (Å²) in [6.07, 6.45) is 1.80. The fraction of sp³-hybridized carbons (Fsp3) is 0.176. The van der Waals surface area contributed by atoms with Crippen LogP contribution < -0.4 is 20.6 Å². The summed E-state index contributed by atoms with van der Waals surface area (Å²) in [6.45, 7) is 3.15. The molecule has 0 fully saturated rings. The summed E-state index contributed by atoms with van der Waals surface area (Å²) in [5.74, 6) is 0.506. The zero-order valence-corrected chi connectivity index (χ0v) is 13.6. The van der Waals surface area contributed by atoms with E-state index in [-0.39, 0.29) is 5.82 Å². The van der Waals surface area contributed by atoms with Crippen LogP contribution in [0.2, 0.25) is 0 Å². The van der Waals surface area contributed by atoms with Crippen molar-refractivity contribution in [3.8, 4) is 5.75 Å². The van der Waals surface area contributed by atoms with Crippen LogP contribution in [0.4, 0.5) is 4.39 Å². The summed E-state index contributed by atoms with van der Waals surface area (Å²) in [5.41, 5.74) is 4.75. The van der Waals surface area contributed by atoms with Crippen LogP contribution in [-0.2, 0) is 6.61 Å². The van der Waals surface area contributed by atoms with E-state index in [0.29, 0.717) is 11.7 Å². The number of rotatable bonds is 6.